The summed E-state index contributed by atoms with van der Waals surface area (Å²) in [5.41, 5.74) is 3.09. The lowest BCUT2D eigenvalue weighted by Crippen LogP contribution is -2.29. The third-order valence-electron chi connectivity index (χ3n) is 3.89. The average molecular weight is 320 g/mol. The minimum Gasteiger partial charge on any atom is -0.377 e. The van der Waals surface area contributed by atoms with Crippen molar-refractivity contribution in [3.05, 3.63) is 65.7 Å². The predicted octanol–water partition coefficient (Wildman–Crippen LogP) is 3.41. The third kappa shape index (κ3) is 4.63. The van der Waals surface area contributed by atoms with Crippen LogP contribution >= 0.6 is 0 Å². The Labute approximate surface area is 144 Å². The standard InChI is InChI=1S/C21H24N2O/c1-4-19(17-11-6-5-7-12-17)21(24)22-16-10-14-18-13-8-9-15-20(18)23(2)3/h5-9,11-13,15,19H,4,16H2,1-3H3,(H,22,24). The highest BCUT2D eigenvalue weighted by atomic mass is 16.1. The Bertz CT molecular complexity index is 726. The van der Waals surface area contributed by atoms with Crippen LogP contribution in [0.3, 0.4) is 0 Å². The molecule has 1 N–H and O–H groups in total. The number of hydrogen-bond donors (Lipinski definition) is 1. The summed E-state index contributed by atoms with van der Waals surface area (Å²) in [7, 11) is 3.99. The largest absolute Gasteiger partial charge is 0.377 e. The number of carbonyl (C=O) groups excluding carboxylic acids is 1. The minimum atomic E-state index is -0.123. The number of rotatable bonds is 5. The lowest BCUT2D eigenvalue weighted by molar-refractivity contribution is -0.122. The maximum Gasteiger partial charge on any atom is 0.228 e. The van der Waals surface area contributed by atoms with Gasteiger partial charge in [0.1, 0.15) is 0 Å². The number of nitrogens with one attached hydrogen (secondary N) is 1. The van der Waals surface area contributed by atoms with Crippen LogP contribution in [0, 0.1) is 11.8 Å². The van der Waals surface area contributed by atoms with Gasteiger partial charge >= 0.3 is 0 Å². The van der Waals surface area contributed by atoms with Gasteiger partial charge in [0.05, 0.1) is 18.2 Å². The molecule has 0 heterocycles. The van der Waals surface area contributed by atoms with E-state index in [0.29, 0.717) is 6.54 Å². The number of para-hydroxylation sites is 1. The molecule has 2 aromatic carbocycles. The normalized spacial score (nSPS) is 11.1. The fourth-order valence-corrected chi connectivity index (χ4v) is 2.62. The summed E-state index contributed by atoms with van der Waals surface area (Å²) in [5, 5.41) is 2.92. The van der Waals surface area contributed by atoms with E-state index in [0.717, 1.165) is 23.2 Å². The summed E-state index contributed by atoms with van der Waals surface area (Å²) in [4.78, 5) is 14.4. The summed E-state index contributed by atoms with van der Waals surface area (Å²) in [6.07, 6.45) is 0.771. The van der Waals surface area contributed by atoms with Crippen molar-refractivity contribution in [2.75, 3.05) is 25.5 Å². The Balaban J connectivity index is 1.99. The maximum atomic E-state index is 12.4. The first-order valence-electron chi connectivity index (χ1n) is 8.21. The van der Waals surface area contributed by atoms with Crippen LogP contribution in [-0.2, 0) is 4.79 Å². The van der Waals surface area contributed by atoms with Gasteiger partial charge in [0.25, 0.3) is 0 Å². The van der Waals surface area contributed by atoms with Gasteiger partial charge in [0, 0.05) is 19.7 Å². The van der Waals surface area contributed by atoms with Crippen molar-refractivity contribution in [2.45, 2.75) is 19.3 Å². The molecular formula is C21H24N2O. The molecule has 0 aliphatic carbocycles. The van der Waals surface area contributed by atoms with E-state index < -0.39 is 0 Å². The second-order valence-corrected chi connectivity index (χ2v) is 5.80. The van der Waals surface area contributed by atoms with Crippen molar-refractivity contribution in [2.24, 2.45) is 0 Å². The SMILES string of the molecule is CCC(C(=O)NCC#Cc1ccccc1N(C)C)c1ccccc1. The second-order valence-electron chi connectivity index (χ2n) is 5.80. The molecule has 0 saturated heterocycles. The molecule has 24 heavy (non-hydrogen) atoms. The van der Waals surface area contributed by atoms with Crippen molar-refractivity contribution in [1.82, 2.24) is 5.32 Å². The first-order chi connectivity index (χ1) is 11.6. The first-order valence-corrected chi connectivity index (χ1v) is 8.21. The van der Waals surface area contributed by atoms with Crippen LogP contribution in [-0.4, -0.2) is 26.5 Å². The first kappa shape index (κ1) is 17.6. The minimum absolute atomic E-state index is 0.0268. The van der Waals surface area contributed by atoms with E-state index in [1.165, 1.54) is 0 Å². The van der Waals surface area contributed by atoms with Gasteiger partial charge in [0.15, 0.2) is 0 Å². The Kier molecular flexibility index (Phi) is 6.45. The number of carbonyl (C=O) groups is 1. The topological polar surface area (TPSA) is 32.3 Å². The van der Waals surface area contributed by atoms with E-state index in [9.17, 15) is 4.79 Å². The number of anilines is 1. The van der Waals surface area contributed by atoms with E-state index in [-0.39, 0.29) is 11.8 Å². The molecule has 2 aromatic rings. The lowest BCUT2D eigenvalue weighted by atomic mass is 9.96. The van der Waals surface area contributed by atoms with E-state index in [2.05, 4.69) is 17.2 Å². The van der Waals surface area contributed by atoms with Crippen molar-refractivity contribution in [3.8, 4) is 11.8 Å². The van der Waals surface area contributed by atoms with Crippen LogP contribution < -0.4 is 10.2 Å². The molecule has 124 valence electrons. The van der Waals surface area contributed by atoms with Gasteiger partial charge in [-0.3, -0.25) is 4.79 Å². The Hall–Kier alpha value is -2.73. The van der Waals surface area contributed by atoms with Gasteiger partial charge in [-0.1, -0.05) is 61.2 Å². The summed E-state index contributed by atoms with van der Waals surface area (Å²) >= 11 is 0. The fraction of sp³-hybridized carbons (Fsp3) is 0.286. The van der Waals surface area contributed by atoms with Crippen LogP contribution in [0.15, 0.2) is 54.6 Å². The van der Waals surface area contributed by atoms with Crippen LogP contribution in [0.2, 0.25) is 0 Å². The highest BCUT2D eigenvalue weighted by Gasteiger charge is 2.17. The highest BCUT2D eigenvalue weighted by Crippen LogP contribution is 2.19. The summed E-state index contributed by atoms with van der Waals surface area (Å²) in [6, 6.07) is 17.9. The molecule has 1 amide bonds. The van der Waals surface area contributed by atoms with Crippen LogP contribution in [0.5, 0.6) is 0 Å². The molecule has 0 bridgehead atoms. The van der Waals surface area contributed by atoms with Crippen LogP contribution in [0.25, 0.3) is 0 Å². The van der Waals surface area contributed by atoms with E-state index in [4.69, 9.17) is 0 Å². The van der Waals surface area contributed by atoms with Crippen molar-refractivity contribution >= 4 is 11.6 Å². The number of amides is 1. The van der Waals surface area contributed by atoms with Gasteiger partial charge in [-0.2, -0.15) is 0 Å². The zero-order valence-corrected chi connectivity index (χ0v) is 14.5. The molecule has 0 radical (unpaired) electrons. The third-order valence-corrected chi connectivity index (χ3v) is 3.89. The zero-order valence-electron chi connectivity index (χ0n) is 14.5. The number of nitrogens with zero attached hydrogens (tertiary/aromatic N) is 1. The summed E-state index contributed by atoms with van der Waals surface area (Å²) in [5.74, 6) is 6.09. The molecule has 1 unspecified atom stereocenters. The number of benzene rings is 2. The monoisotopic (exact) mass is 320 g/mol. The lowest BCUT2D eigenvalue weighted by Gasteiger charge is -2.14. The van der Waals surface area contributed by atoms with Gasteiger partial charge in [-0.05, 0) is 24.1 Å². The summed E-state index contributed by atoms with van der Waals surface area (Å²) < 4.78 is 0. The molecule has 0 saturated carbocycles. The molecule has 0 aliphatic heterocycles. The molecule has 0 spiro atoms. The molecule has 1 atom stereocenters. The van der Waals surface area contributed by atoms with E-state index >= 15 is 0 Å². The zero-order chi connectivity index (χ0) is 17.4. The van der Waals surface area contributed by atoms with E-state index in [1.54, 1.807) is 0 Å². The van der Waals surface area contributed by atoms with Crippen molar-refractivity contribution in [3.63, 3.8) is 0 Å². The van der Waals surface area contributed by atoms with Crippen molar-refractivity contribution in [1.29, 1.82) is 0 Å². The smallest absolute Gasteiger partial charge is 0.228 e. The fourth-order valence-electron chi connectivity index (χ4n) is 2.62. The number of hydrogen-bond acceptors (Lipinski definition) is 2. The Morgan fingerprint density at radius 2 is 1.75 bits per heavy atom. The second kappa shape index (κ2) is 8.79. The maximum absolute atomic E-state index is 12.4. The van der Waals surface area contributed by atoms with Crippen LogP contribution in [0.1, 0.15) is 30.4 Å². The van der Waals surface area contributed by atoms with Gasteiger partial charge in [0.2, 0.25) is 5.91 Å². The Morgan fingerprint density at radius 3 is 2.42 bits per heavy atom. The molecule has 0 aliphatic rings. The molecule has 2 rings (SSSR count). The quantitative estimate of drug-likeness (QED) is 0.856. The highest BCUT2D eigenvalue weighted by molar-refractivity contribution is 5.83. The average Bonchev–Trinajstić information content (AvgIpc) is 2.60. The molecule has 3 heteroatoms. The summed E-state index contributed by atoms with van der Waals surface area (Å²) in [6.45, 7) is 2.38. The van der Waals surface area contributed by atoms with Gasteiger partial charge in [-0.15, -0.1) is 0 Å². The predicted molar refractivity (Wildman–Crippen MR) is 100 cm³/mol. The Morgan fingerprint density at radius 1 is 1.08 bits per heavy atom. The molecular weight excluding hydrogens is 296 g/mol. The van der Waals surface area contributed by atoms with Crippen molar-refractivity contribution < 1.29 is 4.79 Å². The molecule has 0 fully saturated rings. The van der Waals surface area contributed by atoms with Gasteiger partial charge < -0.3 is 10.2 Å². The van der Waals surface area contributed by atoms with E-state index in [1.807, 2.05) is 80.5 Å². The molecule has 3 nitrogen and oxygen atoms in total. The molecule has 0 aromatic heterocycles. The van der Waals surface area contributed by atoms with Gasteiger partial charge in [-0.25, -0.2) is 0 Å². The van der Waals surface area contributed by atoms with Crippen LogP contribution in [0.4, 0.5) is 5.69 Å².